The number of fused-ring (bicyclic) bond motifs is 1. The first-order valence-electron chi connectivity index (χ1n) is 19.1. The van der Waals surface area contributed by atoms with Gasteiger partial charge in [-0.1, -0.05) is 0 Å². The third kappa shape index (κ3) is 9.20. The van der Waals surface area contributed by atoms with Gasteiger partial charge in [-0.15, -0.1) is 0 Å². The Morgan fingerprint density at radius 1 is 0.565 bits per heavy atom. The maximum absolute atomic E-state index is 12.9. The molecule has 1 aromatic heterocycles. The zero-order valence-corrected chi connectivity index (χ0v) is 32.1. The molecule has 7 rings (SSSR count). The van der Waals surface area contributed by atoms with Gasteiger partial charge in [-0.3, -0.25) is 0 Å². The number of esters is 1. The largest absolute Gasteiger partial charge is 0.508 e. The highest BCUT2D eigenvalue weighted by Gasteiger charge is 2.48. The molecule has 4 heterocycles. The molecule has 336 valence electrons. The van der Waals surface area contributed by atoms with Crippen LogP contribution in [-0.4, -0.2) is 184 Å². The first-order valence-corrected chi connectivity index (χ1v) is 19.1. The highest BCUT2D eigenvalue weighted by Crippen LogP contribution is 2.41. The normalized spacial score (nSPS) is 33.8. The predicted octanol–water partition coefficient (Wildman–Crippen LogP) is -2.81. The lowest BCUT2D eigenvalue weighted by Gasteiger charge is -2.39. The Balaban J connectivity index is 1.05. The molecule has 13 N–H and O–H groups in total. The average Bonchev–Trinajstić information content (AvgIpc) is 3.26. The summed E-state index contributed by atoms with van der Waals surface area (Å²) in [6.07, 6.45) is -24.5. The van der Waals surface area contributed by atoms with Crippen molar-refractivity contribution in [3.8, 4) is 40.1 Å². The second-order valence-corrected chi connectivity index (χ2v) is 14.7. The molecule has 0 unspecified atom stereocenters. The zero-order chi connectivity index (χ0) is 44.6. The van der Waals surface area contributed by atoms with E-state index in [1.807, 2.05) is 0 Å². The smallest absolute Gasteiger partial charge is 0.402 e. The fourth-order valence-electron chi connectivity index (χ4n) is 6.93. The van der Waals surface area contributed by atoms with Crippen LogP contribution < -0.4 is 14.2 Å². The molecular formula is C40H45O22+. The van der Waals surface area contributed by atoms with Gasteiger partial charge in [0.1, 0.15) is 108 Å². The lowest BCUT2D eigenvalue weighted by Crippen LogP contribution is -2.60. The lowest BCUT2D eigenvalue weighted by atomic mass is 9.99. The number of carbonyl (C=O) groups is 1. The summed E-state index contributed by atoms with van der Waals surface area (Å²) in [6.45, 7) is -2.05. The molecule has 4 aromatic rings. The minimum absolute atomic E-state index is 0.00157. The molecule has 0 bridgehead atoms. The highest BCUT2D eigenvalue weighted by atomic mass is 16.7. The molecule has 0 spiro atoms. The van der Waals surface area contributed by atoms with Crippen molar-refractivity contribution in [1.82, 2.24) is 0 Å². The van der Waals surface area contributed by atoms with E-state index in [0.29, 0.717) is 5.56 Å². The molecule has 15 atom stereocenters. The van der Waals surface area contributed by atoms with Gasteiger partial charge >= 0.3 is 17.3 Å². The fraction of sp³-hybridized carbons (Fsp3) is 0.450. The van der Waals surface area contributed by atoms with Crippen LogP contribution in [0.5, 0.6) is 28.7 Å². The molecule has 3 fully saturated rings. The Hall–Kier alpha value is -5.02. The molecule has 3 saturated heterocycles. The van der Waals surface area contributed by atoms with Crippen LogP contribution in [0.3, 0.4) is 0 Å². The Kier molecular flexibility index (Phi) is 13.6. The van der Waals surface area contributed by atoms with Crippen LogP contribution in [0.2, 0.25) is 0 Å². The number of benzene rings is 3. The van der Waals surface area contributed by atoms with Gasteiger partial charge in [-0.25, -0.2) is 9.21 Å². The Bertz CT molecular complexity index is 2150. The van der Waals surface area contributed by atoms with Gasteiger partial charge < -0.3 is 99.5 Å². The Morgan fingerprint density at radius 3 is 1.61 bits per heavy atom. The number of carbonyl (C=O) groups excluding carboxylic acids is 1. The summed E-state index contributed by atoms with van der Waals surface area (Å²) in [5.41, 5.74) is 0.215. The van der Waals surface area contributed by atoms with Crippen LogP contribution in [0.1, 0.15) is 10.4 Å². The number of hydrogen-bond donors (Lipinski definition) is 13. The van der Waals surface area contributed by atoms with E-state index >= 15 is 0 Å². The number of ether oxygens (including phenoxy) is 7. The van der Waals surface area contributed by atoms with Crippen LogP contribution in [0.15, 0.2) is 71.1 Å². The molecule has 3 aliphatic rings. The lowest BCUT2D eigenvalue weighted by molar-refractivity contribution is -0.277. The van der Waals surface area contributed by atoms with E-state index in [-0.39, 0.29) is 45.3 Å². The second kappa shape index (κ2) is 18.8. The van der Waals surface area contributed by atoms with E-state index in [1.165, 1.54) is 60.7 Å². The molecule has 3 aromatic carbocycles. The molecule has 62 heavy (non-hydrogen) atoms. The zero-order valence-electron chi connectivity index (χ0n) is 32.1. The van der Waals surface area contributed by atoms with Gasteiger partial charge in [0.2, 0.25) is 24.6 Å². The van der Waals surface area contributed by atoms with Crippen molar-refractivity contribution in [2.75, 3.05) is 19.8 Å². The molecule has 22 nitrogen and oxygen atoms in total. The second-order valence-electron chi connectivity index (χ2n) is 14.7. The molecule has 0 saturated carbocycles. The number of rotatable bonds is 12. The van der Waals surface area contributed by atoms with E-state index < -0.39 is 124 Å². The first-order chi connectivity index (χ1) is 29.6. The molecule has 3 aliphatic heterocycles. The van der Waals surface area contributed by atoms with Crippen molar-refractivity contribution in [3.63, 3.8) is 0 Å². The first kappa shape index (κ1) is 45.0. The van der Waals surface area contributed by atoms with Crippen molar-refractivity contribution in [2.45, 2.75) is 92.1 Å². The Morgan fingerprint density at radius 2 is 1.06 bits per heavy atom. The Labute approximate surface area is 349 Å². The fourth-order valence-corrected chi connectivity index (χ4v) is 6.93. The van der Waals surface area contributed by atoms with Crippen molar-refractivity contribution >= 4 is 16.9 Å². The highest BCUT2D eigenvalue weighted by molar-refractivity contribution is 5.90. The van der Waals surface area contributed by atoms with E-state index in [4.69, 9.17) is 37.6 Å². The van der Waals surface area contributed by atoms with Crippen LogP contribution in [0, 0.1) is 0 Å². The summed E-state index contributed by atoms with van der Waals surface area (Å²) in [5.74, 6) is -1.84. The van der Waals surface area contributed by atoms with Gasteiger partial charge in [0, 0.05) is 12.1 Å². The van der Waals surface area contributed by atoms with Gasteiger partial charge in [-0.05, 0) is 48.5 Å². The van der Waals surface area contributed by atoms with Gasteiger partial charge in [0.05, 0.1) is 30.4 Å². The maximum Gasteiger partial charge on any atom is 0.402 e. The van der Waals surface area contributed by atoms with Gasteiger partial charge in [-0.2, -0.15) is 0 Å². The number of phenolic OH excluding ortho intramolecular Hbond substituents is 2. The van der Waals surface area contributed by atoms with Crippen molar-refractivity contribution in [2.24, 2.45) is 0 Å². The monoisotopic (exact) mass is 877 g/mol. The van der Waals surface area contributed by atoms with Crippen molar-refractivity contribution < 1.29 is 109 Å². The van der Waals surface area contributed by atoms with Crippen LogP contribution in [0.4, 0.5) is 0 Å². The molecule has 22 heteroatoms. The SMILES string of the molecule is O=C(OC[C@H]1O[C@@H](Oc2cc(O)c3cc(O[C@@H]4O[C@H](CO)[C@@H](O)[C@H](O)[C@H]4O)c(-c4ccc(O)cc4)[o+]c3c2)[C@H](O)[C@@H](O)[C@@H]1O)c1ccc(O[C@@H]2O[C@H](CO)[C@@H](O)[C@H](O)[C@H]2O)cc1. The van der Waals surface area contributed by atoms with Crippen LogP contribution in [-0.2, 0) is 18.9 Å². The summed E-state index contributed by atoms with van der Waals surface area (Å²) in [7, 11) is 0. The van der Waals surface area contributed by atoms with Gasteiger partial charge in [0.25, 0.3) is 0 Å². The summed E-state index contributed by atoms with van der Waals surface area (Å²) in [4.78, 5) is 12.9. The van der Waals surface area contributed by atoms with Crippen molar-refractivity contribution in [1.29, 1.82) is 0 Å². The molecule has 0 amide bonds. The van der Waals surface area contributed by atoms with Crippen LogP contribution >= 0.6 is 0 Å². The van der Waals surface area contributed by atoms with E-state index in [2.05, 4.69) is 0 Å². The summed E-state index contributed by atoms with van der Waals surface area (Å²) >= 11 is 0. The summed E-state index contributed by atoms with van der Waals surface area (Å²) in [5, 5.41) is 134. The summed E-state index contributed by atoms with van der Waals surface area (Å²) in [6, 6.07) is 14.4. The molecular weight excluding hydrogens is 832 g/mol. The van der Waals surface area contributed by atoms with E-state index in [0.717, 1.165) is 6.07 Å². The number of aliphatic hydroxyl groups excluding tert-OH is 11. The van der Waals surface area contributed by atoms with E-state index in [9.17, 15) is 71.2 Å². The molecule has 0 radical (unpaired) electrons. The predicted molar refractivity (Wildman–Crippen MR) is 202 cm³/mol. The van der Waals surface area contributed by atoms with Crippen LogP contribution in [0.25, 0.3) is 22.3 Å². The number of aromatic hydroxyl groups is 2. The quantitative estimate of drug-likeness (QED) is 0.0505. The number of phenols is 2. The topological polar surface area (TPSA) is 356 Å². The third-order valence-corrected chi connectivity index (χ3v) is 10.5. The minimum Gasteiger partial charge on any atom is -0.508 e. The standard InChI is InChI=1S/C40H44O22/c41-12-24-27(45)30(48)33(51)38(60-24)56-18-7-3-16(4-8-18)37(54)55-14-26-29(47)32(50)34(52)39(62-26)57-19-9-21(44)20-11-23(59-40-35(53)31(49)28(46)25(13-42)61-40)36(58-22(20)10-19)15-1-5-17(43)6-2-15/h1-11,24-35,38-42,45-53H,12-14H2,(H-,43,44)/p+1/t24-,25-,26-,27-,28-,29-,30+,31+,32+,33-,34-,35-,38-,39-,40-/m1/s1. The number of hydrogen-bond acceptors (Lipinski definition) is 21. The third-order valence-electron chi connectivity index (χ3n) is 10.5. The van der Waals surface area contributed by atoms with Gasteiger partial charge in [0.15, 0.2) is 0 Å². The minimum atomic E-state index is -1.88. The summed E-state index contributed by atoms with van der Waals surface area (Å²) < 4.78 is 45.1. The number of aliphatic hydroxyl groups is 11. The van der Waals surface area contributed by atoms with Crippen molar-refractivity contribution in [3.05, 3.63) is 72.3 Å². The molecule has 0 aliphatic carbocycles. The maximum atomic E-state index is 12.9. The van der Waals surface area contributed by atoms with E-state index in [1.54, 1.807) is 0 Å². The average molecular weight is 878 g/mol.